The molecule has 0 bridgehead atoms. The second-order valence-corrected chi connectivity index (χ2v) is 8.90. The SMILES string of the molecule is Cc1cn2nc(-c3cc(F)c4nc(C5CCNCC5)sc4c3)cc(N(C)C)c2n1.Cl. The van der Waals surface area contributed by atoms with E-state index in [4.69, 9.17) is 5.10 Å². The zero-order chi connectivity index (χ0) is 20.1. The van der Waals surface area contributed by atoms with Crippen molar-refractivity contribution >= 4 is 45.3 Å². The summed E-state index contributed by atoms with van der Waals surface area (Å²) in [6.07, 6.45) is 4.00. The van der Waals surface area contributed by atoms with Gasteiger partial charge in [0.25, 0.3) is 0 Å². The molecule has 1 aliphatic heterocycles. The summed E-state index contributed by atoms with van der Waals surface area (Å²) in [7, 11) is 3.95. The van der Waals surface area contributed by atoms with Gasteiger partial charge in [-0.05, 0) is 51.1 Å². The molecule has 9 heteroatoms. The van der Waals surface area contributed by atoms with Gasteiger partial charge in [0.05, 0.1) is 33.0 Å². The Bertz CT molecular complexity index is 1210. The number of anilines is 1. The highest BCUT2D eigenvalue weighted by Gasteiger charge is 2.21. The molecule has 1 aliphatic rings. The molecule has 1 aromatic carbocycles. The second-order valence-electron chi connectivity index (χ2n) is 7.84. The van der Waals surface area contributed by atoms with Gasteiger partial charge in [0.15, 0.2) is 11.5 Å². The summed E-state index contributed by atoms with van der Waals surface area (Å²) in [4.78, 5) is 11.2. The van der Waals surface area contributed by atoms with Crippen molar-refractivity contribution in [2.75, 3.05) is 32.1 Å². The fourth-order valence-electron chi connectivity index (χ4n) is 3.94. The normalized spacial score (nSPS) is 14.9. The molecule has 0 saturated carbocycles. The van der Waals surface area contributed by atoms with E-state index in [0.717, 1.165) is 63.9 Å². The van der Waals surface area contributed by atoms with Crippen LogP contribution in [0, 0.1) is 12.7 Å². The van der Waals surface area contributed by atoms with Gasteiger partial charge in [-0.15, -0.1) is 23.7 Å². The third-order valence-corrected chi connectivity index (χ3v) is 6.62. The number of aryl methyl sites for hydroxylation is 1. The van der Waals surface area contributed by atoms with Crippen LogP contribution in [-0.2, 0) is 0 Å². The topological polar surface area (TPSA) is 58.4 Å². The molecule has 0 spiro atoms. The van der Waals surface area contributed by atoms with E-state index in [1.807, 2.05) is 44.2 Å². The molecule has 1 saturated heterocycles. The predicted molar refractivity (Wildman–Crippen MR) is 123 cm³/mol. The van der Waals surface area contributed by atoms with Gasteiger partial charge < -0.3 is 10.2 Å². The first-order valence-electron chi connectivity index (χ1n) is 9.85. The van der Waals surface area contributed by atoms with Crippen LogP contribution in [0.2, 0.25) is 0 Å². The number of piperidine rings is 1. The molecule has 0 unspecified atom stereocenters. The molecule has 0 amide bonds. The van der Waals surface area contributed by atoms with Crippen LogP contribution in [0.3, 0.4) is 0 Å². The van der Waals surface area contributed by atoms with Crippen molar-refractivity contribution in [2.24, 2.45) is 0 Å². The number of nitrogens with zero attached hydrogens (tertiary/aromatic N) is 5. The summed E-state index contributed by atoms with van der Waals surface area (Å²) < 4.78 is 17.6. The van der Waals surface area contributed by atoms with Crippen molar-refractivity contribution < 1.29 is 4.39 Å². The molecule has 0 atom stereocenters. The Kier molecular flexibility index (Phi) is 5.65. The summed E-state index contributed by atoms with van der Waals surface area (Å²) in [6, 6.07) is 5.53. The maximum Gasteiger partial charge on any atom is 0.177 e. The highest BCUT2D eigenvalue weighted by molar-refractivity contribution is 7.18. The maximum atomic E-state index is 15.0. The second kappa shape index (κ2) is 8.09. The van der Waals surface area contributed by atoms with E-state index < -0.39 is 0 Å². The average molecular weight is 447 g/mol. The highest BCUT2D eigenvalue weighted by Crippen LogP contribution is 2.36. The number of imidazole rings is 1. The number of thiazole rings is 1. The Balaban J connectivity index is 0.00000218. The number of hydrogen-bond donors (Lipinski definition) is 1. The van der Waals surface area contributed by atoms with Gasteiger partial charge in [-0.25, -0.2) is 18.9 Å². The highest BCUT2D eigenvalue weighted by atomic mass is 35.5. The lowest BCUT2D eigenvalue weighted by molar-refractivity contribution is 0.459. The fourth-order valence-corrected chi connectivity index (χ4v) is 5.13. The molecule has 1 N–H and O–H groups in total. The molecule has 1 fully saturated rings. The molecule has 30 heavy (non-hydrogen) atoms. The molecule has 4 aromatic rings. The molecule has 4 heterocycles. The molecule has 158 valence electrons. The summed E-state index contributed by atoms with van der Waals surface area (Å²) in [5, 5.41) is 9.11. The van der Waals surface area contributed by atoms with Crippen LogP contribution in [-0.4, -0.2) is 46.8 Å². The first kappa shape index (κ1) is 21.0. The molecular formula is C21H24ClFN6S. The largest absolute Gasteiger partial charge is 0.375 e. The van der Waals surface area contributed by atoms with Gasteiger partial charge in [0, 0.05) is 25.6 Å². The molecule has 0 radical (unpaired) electrons. The number of benzene rings is 1. The number of hydrogen-bond acceptors (Lipinski definition) is 6. The van der Waals surface area contributed by atoms with Crippen molar-refractivity contribution in [3.63, 3.8) is 0 Å². The van der Waals surface area contributed by atoms with E-state index in [1.165, 1.54) is 0 Å². The quantitative estimate of drug-likeness (QED) is 0.505. The lowest BCUT2D eigenvalue weighted by Gasteiger charge is -2.20. The first-order chi connectivity index (χ1) is 14.0. The maximum absolute atomic E-state index is 15.0. The minimum absolute atomic E-state index is 0. The zero-order valence-electron chi connectivity index (χ0n) is 17.1. The summed E-state index contributed by atoms with van der Waals surface area (Å²) in [6.45, 7) is 3.94. The standard InChI is InChI=1S/C21H23FN6S.ClH/c1-12-11-28-20(24-12)17(27(2)3)10-16(26-28)14-8-15(22)19-18(9-14)29-21(25-19)13-4-6-23-7-5-13;/h8-11,13,23H,4-7H2,1-3H3;1H. The number of nitrogens with one attached hydrogen (secondary N) is 1. The van der Waals surface area contributed by atoms with Gasteiger partial charge in [0.1, 0.15) is 5.52 Å². The van der Waals surface area contributed by atoms with Crippen molar-refractivity contribution in [3.05, 3.63) is 40.9 Å². The van der Waals surface area contributed by atoms with Crippen LogP contribution in [0.1, 0.15) is 29.5 Å². The van der Waals surface area contributed by atoms with E-state index in [2.05, 4.69) is 15.3 Å². The van der Waals surface area contributed by atoms with E-state index >= 15 is 0 Å². The third-order valence-electron chi connectivity index (χ3n) is 5.46. The molecular weight excluding hydrogens is 423 g/mol. The molecule has 0 aliphatic carbocycles. The van der Waals surface area contributed by atoms with E-state index in [1.54, 1.807) is 21.9 Å². The summed E-state index contributed by atoms with van der Waals surface area (Å²) >= 11 is 1.61. The predicted octanol–water partition coefficient (Wildman–Crippen LogP) is 4.41. The Labute approximate surface area is 184 Å². The van der Waals surface area contributed by atoms with Gasteiger partial charge in [-0.1, -0.05) is 0 Å². The monoisotopic (exact) mass is 446 g/mol. The minimum Gasteiger partial charge on any atom is -0.375 e. The van der Waals surface area contributed by atoms with Gasteiger partial charge >= 0.3 is 0 Å². The van der Waals surface area contributed by atoms with Crippen LogP contribution < -0.4 is 10.2 Å². The number of fused-ring (bicyclic) bond motifs is 2. The lowest BCUT2D eigenvalue weighted by Crippen LogP contribution is -2.26. The Morgan fingerprint density at radius 3 is 2.67 bits per heavy atom. The average Bonchev–Trinajstić information content (AvgIpc) is 3.30. The van der Waals surface area contributed by atoms with Crippen LogP contribution in [0.4, 0.5) is 10.1 Å². The van der Waals surface area contributed by atoms with Gasteiger partial charge in [-0.3, -0.25) is 0 Å². The van der Waals surface area contributed by atoms with E-state index in [-0.39, 0.29) is 18.2 Å². The Hall–Kier alpha value is -2.29. The fraction of sp³-hybridized carbons (Fsp3) is 0.381. The molecule has 6 nitrogen and oxygen atoms in total. The van der Waals surface area contributed by atoms with Crippen LogP contribution in [0.25, 0.3) is 27.1 Å². The lowest BCUT2D eigenvalue weighted by atomic mass is 9.99. The summed E-state index contributed by atoms with van der Waals surface area (Å²) in [5.41, 5.74) is 4.59. The van der Waals surface area contributed by atoms with Crippen molar-refractivity contribution in [2.45, 2.75) is 25.7 Å². The van der Waals surface area contributed by atoms with Crippen molar-refractivity contribution in [3.8, 4) is 11.3 Å². The van der Waals surface area contributed by atoms with Crippen LogP contribution in [0.15, 0.2) is 24.4 Å². The van der Waals surface area contributed by atoms with Crippen LogP contribution >= 0.6 is 23.7 Å². The van der Waals surface area contributed by atoms with Crippen molar-refractivity contribution in [1.82, 2.24) is 24.9 Å². The van der Waals surface area contributed by atoms with Gasteiger partial charge in [-0.2, -0.15) is 5.10 Å². The minimum atomic E-state index is -0.288. The summed E-state index contributed by atoms with van der Waals surface area (Å²) in [5.74, 6) is 0.129. The van der Waals surface area contributed by atoms with E-state index in [9.17, 15) is 4.39 Å². The number of aromatic nitrogens is 4. The zero-order valence-corrected chi connectivity index (χ0v) is 18.8. The van der Waals surface area contributed by atoms with Gasteiger partial charge in [0.2, 0.25) is 0 Å². The number of rotatable bonds is 3. The van der Waals surface area contributed by atoms with Crippen LogP contribution in [0.5, 0.6) is 0 Å². The van der Waals surface area contributed by atoms with Crippen molar-refractivity contribution in [1.29, 1.82) is 0 Å². The molecule has 3 aromatic heterocycles. The molecule has 5 rings (SSSR count). The third kappa shape index (κ3) is 3.64. The smallest absolute Gasteiger partial charge is 0.177 e. The Morgan fingerprint density at radius 1 is 1.17 bits per heavy atom. The Morgan fingerprint density at radius 2 is 1.93 bits per heavy atom. The number of halogens is 2. The van der Waals surface area contributed by atoms with E-state index in [0.29, 0.717) is 11.4 Å². The first-order valence-corrected chi connectivity index (χ1v) is 10.7.